The Hall–Kier alpha value is -3.98. The number of amides is 3. The van der Waals surface area contributed by atoms with Crippen LogP contribution in [0, 0.1) is 0 Å². The van der Waals surface area contributed by atoms with Crippen LogP contribution in [-0.4, -0.2) is 53.2 Å². The van der Waals surface area contributed by atoms with E-state index in [4.69, 9.17) is 5.73 Å². The minimum atomic E-state index is -0.977. The molecule has 184 valence electrons. The molecule has 0 fully saturated rings. The summed E-state index contributed by atoms with van der Waals surface area (Å²) in [5.74, 6) is -1.51. The van der Waals surface area contributed by atoms with Crippen molar-refractivity contribution in [1.29, 1.82) is 0 Å². The number of aldehydes is 1. The summed E-state index contributed by atoms with van der Waals surface area (Å²) in [7, 11) is 0. The number of benzene rings is 2. The van der Waals surface area contributed by atoms with E-state index >= 15 is 0 Å². The monoisotopic (exact) mass is 477 g/mol. The molecule has 0 saturated carbocycles. The van der Waals surface area contributed by atoms with Gasteiger partial charge in [0.1, 0.15) is 18.4 Å². The Kier molecular flexibility index (Phi) is 8.74. The average molecular weight is 478 g/mol. The fraction of sp³-hybridized carbons (Fsp3) is 0.308. The van der Waals surface area contributed by atoms with E-state index in [0.717, 1.165) is 22.0 Å². The number of nitrogens with two attached hydrogens (primary N) is 1. The Bertz CT molecular complexity index is 1170. The van der Waals surface area contributed by atoms with Crippen molar-refractivity contribution in [3.05, 3.63) is 71.9 Å². The third-order valence-electron chi connectivity index (χ3n) is 5.69. The lowest BCUT2D eigenvalue weighted by molar-refractivity contribution is -0.132. The molecule has 0 saturated heterocycles. The molecule has 0 radical (unpaired) electrons. The van der Waals surface area contributed by atoms with Crippen molar-refractivity contribution < 1.29 is 19.2 Å². The van der Waals surface area contributed by atoms with Crippen LogP contribution in [0.3, 0.4) is 0 Å². The van der Waals surface area contributed by atoms with Gasteiger partial charge in [-0.1, -0.05) is 48.5 Å². The number of hydrogen-bond donors (Lipinski definition) is 5. The summed E-state index contributed by atoms with van der Waals surface area (Å²) >= 11 is 0. The zero-order valence-corrected chi connectivity index (χ0v) is 19.8. The van der Waals surface area contributed by atoms with Gasteiger partial charge in [0.15, 0.2) is 0 Å². The minimum Gasteiger partial charge on any atom is -0.361 e. The average Bonchev–Trinajstić information content (AvgIpc) is 3.26. The highest BCUT2D eigenvalue weighted by Gasteiger charge is 2.27. The van der Waals surface area contributed by atoms with Gasteiger partial charge >= 0.3 is 0 Å². The number of aromatic amines is 1. The van der Waals surface area contributed by atoms with Crippen molar-refractivity contribution >= 4 is 34.9 Å². The molecule has 0 aliphatic heterocycles. The van der Waals surface area contributed by atoms with Gasteiger partial charge in [0, 0.05) is 23.5 Å². The van der Waals surface area contributed by atoms with Crippen molar-refractivity contribution in [2.75, 3.05) is 0 Å². The van der Waals surface area contributed by atoms with Crippen molar-refractivity contribution in [2.24, 2.45) is 5.73 Å². The van der Waals surface area contributed by atoms with Gasteiger partial charge in [-0.05, 0) is 37.5 Å². The van der Waals surface area contributed by atoms with E-state index in [0.29, 0.717) is 12.7 Å². The molecule has 4 atom stereocenters. The van der Waals surface area contributed by atoms with Crippen LogP contribution in [0.4, 0.5) is 0 Å². The van der Waals surface area contributed by atoms with E-state index in [2.05, 4.69) is 20.9 Å². The highest BCUT2D eigenvalue weighted by molar-refractivity contribution is 5.94. The predicted molar refractivity (Wildman–Crippen MR) is 133 cm³/mol. The third kappa shape index (κ3) is 7.00. The van der Waals surface area contributed by atoms with E-state index < -0.39 is 41.9 Å². The summed E-state index contributed by atoms with van der Waals surface area (Å²) in [5, 5.41) is 8.91. The number of carbonyl (C=O) groups excluding carboxylic acids is 4. The van der Waals surface area contributed by atoms with E-state index in [1.54, 1.807) is 6.20 Å². The van der Waals surface area contributed by atoms with Crippen LogP contribution in [0.15, 0.2) is 60.8 Å². The van der Waals surface area contributed by atoms with Crippen LogP contribution >= 0.6 is 0 Å². The molecule has 0 aliphatic carbocycles. The SMILES string of the molecule is C[C@H](N)C(=O)N[C@@H](C)C(=O)N[C@@H](Cc1c[nH]c2ccccc12)C(=O)N[C@@H](C=O)Cc1ccccc1. The lowest BCUT2D eigenvalue weighted by atomic mass is 10.0. The molecular weight excluding hydrogens is 446 g/mol. The zero-order valence-electron chi connectivity index (χ0n) is 19.8. The molecule has 9 heteroatoms. The second kappa shape index (κ2) is 11.9. The molecule has 3 aromatic rings. The molecule has 0 aliphatic rings. The highest BCUT2D eigenvalue weighted by atomic mass is 16.2. The summed E-state index contributed by atoms with van der Waals surface area (Å²) in [4.78, 5) is 52.9. The van der Waals surface area contributed by atoms with Crippen LogP contribution in [0.1, 0.15) is 25.0 Å². The number of carbonyl (C=O) groups is 4. The van der Waals surface area contributed by atoms with E-state index in [1.165, 1.54) is 13.8 Å². The first kappa shape index (κ1) is 25.6. The molecule has 2 aromatic carbocycles. The standard InChI is InChI=1S/C26H31N5O4/c1-16(27)24(33)29-17(2)25(34)31-23(13-19-14-28-22-11-7-6-10-21(19)22)26(35)30-20(15-32)12-18-8-4-3-5-9-18/h3-11,14-17,20,23,28H,12-13,27H2,1-2H3,(H,29,33)(H,30,35)(H,31,34)/t16-,17-,20+,23-/m0/s1. The van der Waals surface area contributed by atoms with Crippen molar-refractivity contribution in [1.82, 2.24) is 20.9 Å². The van der Waals surface area contributed by atoms with Crippen molar-refractivity contribution in [3.63, 3.8) is 0 Å². The van der Waals surface area contributed by atoms with Gasteiger partial charge < -0.3 is 31.5 Å². The van der Waals surface area contributed by atoms with Crippen LogP contribution in [0.2, 0.25) is 0 Å². The molecule has 3 amide bonds. The van der Waals surface area contributed by atoms with E-state index in [9.17, 15) is 19.2 Å². The fourth-order valence-electron chi connectivity index (χ4n) is 3.72. The van der Waals surface area contributed by atoms with Crippen molar-refractivity contribution in [2.45, 2.75) is 50.9 Å². The molecule has 0 bridgehead atoms. The number of aromatic nitrogens is 1. The second-order valence-corrected chi connectivity index (χ2v) is 8.58. The molecule has 0 spiro atoms. The molecular formula is C26H31N5O4. The molecule has 35 heavy (non-hydrogen) atoms. The number of nitrogens with one attached hydrogen (secondary N) is 4. The Balaban J connectivity index is 1.78. The normalized spacial score (nSPS) is 14.4. The number of fused-ring (bicyclic) bond motifs is 1. The zero-order chi connectivity index (χ0) is 25.4. The summed E-state index contributed by atoms with van der Waals surface area (Å²) in [6, 6.07) is 13.5. The van der Waals surface area contributed by atoms with Gasteiger partial charge in [-0.25, -0.2) is 0 Å². The van der Waals surface area contributed by atoms with Gasteiger partial charge in [0.2, 0.25) is 17.7 Å². The summed E-state index contributed by atoms with van der Waals surface area (Å²) in [6.07, 6.45) is 2.98. The highest BCUT2D eigenvalue weighted by Crippen LogP contribution is 2.19. The minimum absolute atomic E-state index is 0.187. The topological polar surface area (TPSA) is 146 Å². The third-order valence-corrected chi connectivity index (χ3v) is 5.69. The lowest BCUT2D eigenvalue weighted by Crippen LogP contribution is -2.56. The Morgan fingerprint density at radius 1 is 0.886 bits per heavy atom. The van der Waals surface area contributed by atoms with Gasteiger partial charge in [-0.3, -0.25) is 14.4 Å². The first-order valence-corrected chi connectivity index (χ1v) is 11.5. The second-order valence-electron chi connectivity index (χ2n) is 8.58. The molecule has 1 heterocycles. The van der Waals surface area contributed by atoms with Gasteiger partial charge in [0.05, 0.1) is 12.1 Å². The molecule has 6 N–H and O–H groups in total. The Labute approximate surface area is 203 Å². The van der Waals surface area contributed by atoms with Crippen LogP contribution in [0.25, 0.3) is 10.9 Å². The Morgan fingerprint density at radius 2 is 1.57 bits per heavy atom. The molecule has 0 unspecified atom stereocenters. The summed E-state index contributed by atoms with van der Waals surface area (Å²) in [6.45, 7) is 3.03. The predicted octanol–water partition coefficient (Wildman–Crippen LogP) is 0.974. The molecule has 9 nitrogen and oxygen atoms in total. The van der Waals surface area contributed by atoms with Crippen LogP contribution in [-0.2, 0) is 32.0 Å². The fourth-order valence-corrected chi connectivity index (χ4v) is 3.72. The first-order valence-electron chi connectivity index (χ1n) is 11.5. The Morgan fingerprint density at radius 3 is 2.26 bits per heavy atom. The maximum Gasteiger partial charge on any atom is 0.243 e. The quantitative estimate of drug-likeness (QED) is 0.261. The summed E-state index contributed by atoms with van der Waals surface area (Å²) in [5.41, 5.74) is 8.20. The summed E-state index contributed by atoms with van der Waals surface area (Å²) < 4.78 is 0. The number of para-hydroxylation sites is 1. The number of H-pyrrole nitrogens is 1. The maximum absolute atomic E-state index is 13.3. The van der Waals surface area contributed by atoms with Gasteiger partial charge in [-0.2, -0.15) is 0 Å². The smallest absolute Gasteiger partial charge is 0.243 e. The van der Waals surface area contributed by atoms with Gasteiger partial charge in [-0.15, -0.1) is 0 Å². The van der Waals surface area contributed by atoms with Crippen molar-refractivity contribution in [3.8, 4) is 0 Å². The van der Waals surface area contributed by atoms with Crippen LogP contribution < -0.4 is 21.7 Å². The van der Waals surface area contributed by atoms with E-state index in [1.807, 2.05) is 54.6 Å². The maximum atomic E-state index is 13.3. The molecule has 1 aromatic heterocycles. The lowest BCUT2D eigenvalue weighted by Gasteiger charge is -2.23. The number of hydrogen-bond acceptors (Lipinski definition) is 5. The number of rotatable bonds is 11. The largest absolute Gasteiger partial charge is 0.361 e. The van der Waals surface area contributed by atoms with Crippen LogP contribution in [0.5, 0.6) is 0 Å². The molecule has 3 rings (SSSR count). The first-order chi connectivity index (χ1) is 16.8. The van der Waals surface area contributed by atoms with Gasteiger partial charge in [0.25, 0.3) is 0 Å². The van der Waals surface area contributed by atoms with E-state index in [-0.39, 0.29) is 6.42 Å².